The van der Waals surface area contributed by atoms with Crippen LogP contribution in [0.4, 0.5) is 0 Å². The molecule has 1 heterocycles. The first-order valence-corrected chi connectivity index (χ1v) is 6.01. The zero-order valence-corrected chi connectivity index (χ0v) is 8.48. The molecule has 0 amide bonds. The van der Waals surface area contributed by atoms with Gasteiger partial charge in [-0.3, -0.25) is 0 Å². The highest BCUT2D eigenvalue weighted by molar-refractivity contribution is 7.89. The predicted octanol–water partition coefficient (Wildman–Crippen LogP) is 0.733. The number of rotatable bonds is 2. The van der Waals surface area contributed by atoms with Gasteiger partial charge in [0.25, 0.3) is 0 Å². The van der Waals surface area contributed by atoms with Crippen LogP contribution in [-0.2, 0) is 14.7 Å². The summed E-state index contributed by atoms with van der Waals surface area (Å²) in [6, 6.07) is 0.0648. The van der Waals surface area contributed by atoms with Crippen LogP contribution in [0.1, 0.15) is 20.3 Å². The minimum Gasteiger partial charge on any atom is -0.374 e. The molecule has 1 rings (SSSR count). The van der Waals surface area contributed by atoms with Crippen LogP contribution in [0, 0.1) is 4.78 Å². The maximum absolute atomic E-state index is 11.1. The van der Waals surface area contributed by atoms with Crippen molar-refractivity contribution in [2.45, 2.75) is 38.5 Å². The van der Waals surface area contributed by atoms with Crippen LogP contribution in [0.15, 0.2) is 0 Å². The van der Waals surface area contributed by atoms with E-state index in [1.54, 1.807) is 0 Å². The highest BCUT2D eigenvalue weighted by atomic mass is 32.2. The Morgan fingerprint density at radius 3 is 2.50 bits per heavy atom. The van der Waals surface area contributed by atoms with Gasteiger partial charge in [0.1, 0.15) is 9.92 Å². The number of hydrogen-bond acceptors (Lipinski definition) is 3. The molecule has 0 saturated carbocycles. The van der Waals surface area contributed by atoms with E-state index in [4.69, 9.17) is 9.52 Å². The van der Waals surface area contributed by atoms with Crippen molar-refractivity contribution in [1.82, 2.24) is 4.72 Å². The summed E-state index contributed by atoms with van der Waals surface area (Å²) in [4.78, 5) is 0. The van der Waals surface area contributed by atoms with Crippen molar-refractivity contribution in [2.75, 3.05) is 6.26 Å². The van der Waals surface area contributed by atoms with Crippen molar-refractivity contribution in [3.63, 3.8) is 0 Å². The lowest BCUT2D eigenvalue weighted by molar-refractivity contribution is 0.0625. The van der Waals surface area contributed by atoms with Crippen LogP contribution in [0.5, 0.6) is 0 Å². The van der Waals surface area contributed by atoms with Crippen LogP contribution < -0.4 is 4.72 Å². The molecular weight excluding hydrogens is 176 g/mol. The van der Waals surface area contributed by atoms with E-state index < -0.39 is 9.92 Å². The lowest BCUT2D eigenvalue weighted by atomic mass is 10.1. The first-order valence-electron chi connectivity index (χ1n) is 4.05. The van der Waals surface area contributed by atoms with Crippen molar-refractivity contribution < 1.29 is 8.95 Å². The maximum atomic E-state index is 11.1. The second-order valence-corrected chi connectivity index (χ2v) is 5.38. The predicted molar refractivity (Wildman–Crippen MR) is 48.3 cm³/mol. The third-order valence-corrected chi connectivity index (χ3v) is 2.73. The number of ether oxygens (including phenoxy) is 1. The summed E-state index contributed by atoms with van der Waals surface area (Å²) in [6.07, 6.45) is 2.50. The van der Waals surface area contributed by atoms with E-state index in [0.717, 1.165) is 6.42 Å². The highest BCUT2D eigenvalue weighted by Gasteiger charge is 2.30. The van der Waals surface area contributed by atoms with Crippen LogP contribution in [0.25, 0.3) is 0 Å². The van der Waals surface area contributed by atoms with Gasteiger partial charge in [0.2, 0.25) is 0 Å². The fourth-order valence-electron chi connectivity index (χ4n) is 1.50. The molecule has 1 aliphatic rings. The molecule has 0 bridgehead atoms. The maximum Gasteiger partial charge on any atom is 0.102 e. The fourth-order valence-corrected chi connectivity index (χ4v) is 2.36. The average Bonchev–Trinajstić information content (AvgIpc) is 2.06. The Morgan fingerprint density at radius 1 is 1.58 bits per heavy atom. The van der Waals surface area contributed by atoms with Gasteiger partial charge in [0.15, 0.2) is 0 Å². The molecule has 0 aliphatic carbocycles. The van der Waals surface area contributed by atoms with Crippen LogP contribution >= 0.6 is 0 Å². The third-order valence-electron chi connectivity index (χ3n) is 1.98. The SMILES string of the molecule is CC1CC(NS(C)(=N)=O)C(C)O1. The van der Waals surface area contributed by atoms with Gasteiger partial charge in [-0.1, -0.05) is 0 Å². The normalized spacial score (nSPS) is 41.1. The third kappa shape index (κ3) is 2.73. The van der Waals surface area contributed by atoms with E-state index in [-0.39, 0.29) is 18.2 Å². The van der Waals surface area contributed by atoms with Gasteiger partial charge in [0, 0.05) is 12.3 Å². The van der Waals surface area contributed by atoms with Gasteiger partial charge in [-0.25, -0.2) is 13.7 Å². The summed E-state index contributed by atoms with van der Waals surface area (Å²) < 4.78 is 26.5. The Morgan fingerprint density at radius 2 is 2.17 bits per heavy atom. The molecule has 5 heteroatoms. The molecule has 0 aromatic heterocycles. The lowest BCUT2D eigenvalue weighted by Crippen LogP contribution is -2.37. The van der Waals surface area contributed by atoms with Gasteiger partial charge in [-0.15, -0.1) is 0 Å². The van der Waals surface area contributed by atoms with E-state index in [9.17, 15) is 4.21 Å². The van der Waals surface area contributed by atoms with Crippen molar-refractivity contribution in [1.29, 1.82) is 4.78 Å². The molecule has 1 aliphatic heterocycles. The van der Waals surface area contributed by atoms with E-state index in [1.165, 1.54) is 6.26 Å². The fraction of sp³-hybridized carbons (Fsp3) is 1.00. The minimum atomic E-state index is -2.59. The molecular formula is C7H16N2O2S. The monoisotopic (exact) mass is 192 g/mol. The highest BCUT2D eigenvalue weighted by Crippen LogP contribution is 2.19. The van der Waals surface area contributed by atoms with E-state index >= 15 is 0 Å². The van der Waals surface area contributed by atoms with E-state index in [0.29, 0.717) is 0 Å². The standard InChI is InChI=1S/C7H16N2O2S/c1-5-4-7(6(2)11-5)9-12(3,8)10/h5-7H,4H2,1-3H3,(H2,8,9,10). The first kappa shape index (κ1) is 9.95. The average molecular weight is 192 g/mol. The van der Waals surface area contributed by atoms with Crippen molar-refractivity contribution in [3.05, 3.63) is 0 Å². The van der Waals surface area contributed by atoms with Gasteiger partial charge in [0.05, 0.1) is 12.2 Å². The van der Waals surface area contributed by atoms with E-state index in [2.05, 4.69) is 4.72 Å². The van der Waals surface area contributed by atoms with Crippen molar-refractivity contribution >= 4 is 9.92 Å². The topological polar surface area (TPSA) is 62.2 Å². The molecule has 72 valence electrons. The molecule has 1 fully saturated rings. The Bertz CT molecular complexity index is 250. The second kappa shape index (κ2) is 3.32. The summed E-state index contributed by atoms with van der Waals surface area (Å²) in [5, 5.41) is 0. The first-order chi connectivity index (χ1) is 5.38. The van der Waals surface area contributed by atoms with Gasteiger partial charge in [-0.05, 0) is 20.3 Å². The molecule has 2 N–H and O–H groups in total. The Hall–Kier alpha value is -0.130. The molecule has 12 heavy (non-hydrogen) atoms. The van der Waals surface area contributed by atoms with Crippen LogP contribution in [-0.4, -0.2) is 28.7 Å². The largest absolute Gasteiger partial charge is 0.374 e. The van der Waals surface area contributed by atoms with Gasteiger partial charge >= 0.3 is 0 Å². The van der Waals surface area contributed by atoms with Gasteiger partial charge < -0.3 is 4.74 Å². The van der Waals surface area contributed by atoms with Gasteiger partial charge in [-0.2, -0.15) is 0 Å². The summed E-state index contributed by atoms with van der Waals surface area (Å²) in [6.45, 7) is 3.92. The molecule has 4 nitrogen and oxygen atoms in total. The van der Waals surface area contributed by atoms with Crippen LogP contribution in [0.3, 0.4) is 0 Å². The molecule has 4 unspecified atom stereocenters. The number of hydrogen-bond donors (Lipinski definition) is 2. The summed E-state index contributed by atoms with van der Waals surface area (Å²) in [5.74, 6) is 0. The molecule has 1 saturated heterocycles. The summed E-state index contributed by atoms with van der Waals surface area (Å²) in [7, 11) is -2.59. The lowest BCUT2D eigenvalue weighted by Gasteiger charge is -2.15. The summed E-state index contributed by atoms with van der Waals surface area (Å²) >= 11 is 0. The van der Waals surface area contributed by atoms with Crippen molar-refractivity contribution in [3.8, 4) is 0 Å². The Labute approximate surface area is 73.8 Å². The quantitative estimate of drug-likeness (QED) is 0.677. The Kier molecular flexibility index (Phi) is 2.75. The second-order valence-electron chi connectivity index (χ2n) is 3.46. The Balaban J connectivity index is 2.55. The zero-order chi connectivity index (χ0) is 9.35. The summed E-state index contributed by atoms with van der Waals surface area (Å²) in [5.41, 5.74) is 0. The minimum absolute atomic E-state index is 0.0612. The zero-order valence-electron chi connectivity index (χ0n) is 7.66. The van der Waals surface area contributed by atoms with E-state index in [1.807, 2.05) is 13.8 Å². The van der Waals surface area contributed by atoms with Crippen LogP contribution in [0.2, 0.25) is 0 Å². The smallest absolute Gasteiger partial charge is 0.102 e. The number of nitrogens with one attached hydrogen (secondary N) is 2. The molecule has 0 radical (unpaired) electrons. The molecule has 0 aromatic rings. The molecule has 0 spiro atoms. The van der Waals surface area contributed by atoms with Crippen molar-refractivity contribution in [2.24, 2.45) is 0 Å². The molecule has 4 atom stereocenters. The molecule has 0 aromatic carbocycles.